The number of nitrogens with zero attached hydrogens (tertiary/aromatic N) is 4. The van der Waals surface area contributed by atoms with Gasteiger partial charge in [0.05, 0.1) is 19.0 Å². The third kappa shape index (κ3) is 4.33. The molecule has 0 radical (unpaired) electrons. The van der Waals surface area contributed by atoms with Crippen molar-refractivity contribution in [2.24, 2.45) is 0 Å². The quantitative estimate of drug-likeness (QED) is 0.861. The molecule has 0 unspecified atom stereocenters. The second-order valence-electron chi connectivity index (χ2n) is 5.98. The van der Waals surface area contributed by atoms with E-state index < -0.39 is 23.2 Å². The Morgan fingerprint density at radius 2 is 1.79 bits per heavy atom. The van der Waals surface area contributed by atoms with Crippen molar-refractivity contribution in [3.8, 4) is 0 Å². The van der Waals surface area contributed by atoms with E-state index in [1.807, 2.05) is 4.90 Å². The Hall–Kier alpha value is -3.30. The summed E-state index contributed by atoms with van der Waals surface area (Å²) in [6, 6.07) is 3.30. The van der Waals surface area contributed by atoms with E-state index in [1.165, 1.54) is 18.5 Å². The number of anilines is 2. The first-order chi connectivity index (χ1) is 13.5. The summed E-state index contributed by atoms with van der Waals surface area (Å²) in [5.74, 6) is -1.98. The number of carbonyl (C=O) groups excluding carboxylic acids is 2. The molecule has 1 aromatic heterocycles. The Kier molecular flexibility index (Phi) is 5.97. The average molecular weight is 391 g/mol. The highest BCUT2D eigenvalue weighted by Gasteiger charge is 2.23. The van der Waals surface area contributed by atoms with Crippen molar-refractivity contribution in [2.75, 3.05) is 43.0 Å². The Balaban J connectivity index is 1.61. The van der Waals surface area contributed by atoms with Crippen LogP contribution >= 0.6 is 0 Å². The molecule has 1 fully saturated rings. The molecule has 1 aliphatic rings. The molecule has 1 aliphatic heterocycles. The highest BCUT2D eigenvalue weighted by Crippen LogP contribution is 2.19. The molecule has 2 aromatic rings. The second-order valence-corrected chi connectivity index (χ2v) is 5.98. The van der Waals surface area contributed by atoms with Crippen LogP contribution in [0.5, 0.6) is 0 Å². The first kappa shape index (κ1) is 19.5. The van der Waals surface area contributed by atoms with Crippen molar-refractivity contribution in [3.63, 3.8) is 0 Å². The Bertz CT molecular complexity index is 835. The molecule has 148 valence electrons. The largest absolute Gasteiger partial charge is 0.450 e. The standard InChI is InChI=1S/C18H19F2N5O3/c1-2-28-18(27)25-8-6-24(7-9-25)15-11-21-14(10-22-15)17(26)23-16-12(19)4-3-5-13(16)20/h3-5,10-11H,2,6-9H2,1H3,(H,23,26). The lowest BCUT2D eigenvalue weighted by Gasteiger charge is -2.34. The van der Waals surface area contributed by atoms with E-state index in [0.717, 1.165) is 12.1 Å². The molecule has 2 amide bonds. The minimum absolute atomic E-state index is 0.0726. The van der Waals surface area contributed by atoms with Gasteiger partial charge in [-0.05, 0) is 19.1 Å². The number of rotatable bonds is 4. The fourth-order valence-electron chi connectivity index (χ4n) is 2.73. The number of aromatic nitrogens is 2. The zero-order valence-electron chi connectivity index (χ0n) is 15.2. The van der Waals surface area contributed by atoms with Crippen molar-refractivity contribution in [1.82, 2.24) is 14.9 Å². The van der Waals surface area contributed by atoms with Crippen LogP contribution in [0, 0.1) is 11.6 Å². The van der Waals surface area contributed by atoms with Crippen molar-refractivity contribution in [1.29, 1.82) is 0 Å². The van der Waals surface area contributed by atoms with Crippen LogP contribution in [0.4, 0.5) is 25.1 Å². The van der Waals surface area contributed by atoms with Gasteiger partial charge >= 0.3 is 6.09 Å². The van der Waals surface area contributed by atoms with Crippen LogP contribution in [-0.4, -0.2) is 59.7 Å². The van der Waals surface area contributed by atoms with Crippen LogP contribution in [0.2, 0.25) is 0 Å². The van der Waals surface area contributed by atoms with Gasteiger partial charge in [-0.25, -0.2) is 23.5 Å². The number of benzene rings is 1. The van der Waals surface area contributed by atoms with Crippen molar-refractivity contribution in [3.05, 3.63) is 47.9 Å². The number of para-hydroxylation sites is 1. The topological polar surface area (TPSA) is 87.7 Å². The summed E-state index contributed by atoms with van der Waals surface area (Å²) >= 11 is 0. The van der Waals surface area contributed by atoms with Crippen molar-refractivity contribution < 1.29 is 23.1 Å². The number of ether oxygens (including phenoxy) is 1. The van der Waals surface area contributed by atoms with E-state index in [9.17, 15) is 18.4 Å². The molecule has 1 aromatic carbocycles. The predicted octanol–water partition coefficient (Wildman–Crippen LogP) is 2.29. The predicted molar refractivity (Wildman–Crippen MR) is 97.2 cm³/mol. The van der Waals surface area contributed by atoms with Gasteiger partial charge < -0.3 is 19.9 Å². The third-order valence-corrected chi connectivity index (χ3v) is 4.20. The molecule has 28 heavy (non-hydrogen) atoms. The number of piperazine rings is 1. The van der Waals surface area contributed by atoms with E-state index >= 15 is 0 Å². The van der Waals surface area contributed by atoms with Gasteiger partial charge in [0.15, 0.2) is 0 Å². The zero-order chi connectivity index (χ0) is 20.1. The van der Waals surface area contributed by atoms with Gasteiger partial charge in [0.2, 0.25) is 0 Å². The number of amides is 2. The van der Waals surface area contributed by atoms with Crippen LogP contribution in [0.25, 0.3) is 0 Å². The molecule has 2 heterocycles. The van der Waals surface area contributed by atoms with Gasteiger partial charge in [0, 0.05) is 26.2 Å². The fourth-order valence-corrected chi connectivity index (χ4v) is 2.73. The molecule has 1 N–H and O–H groups in total. The van der Waals surface area contributed by atoms with Crippen LogP contribution in [0.3, 0.4) is 0 Å². The summed E-state index contributed by atoms with van der Waals surface area (Å²) in [7, 11) is 0. The summed E-state index contributed by atoms with van der Waals surface area (Å²) in [6.45, 7) is 4.12. The normalized spacial score (nSPS) is 14.0. The average Bonchev–Trinajstić information content (AvgIpc) is 2.71. The SMILES string of the molecule is CCOC(=O)N1CCN(c2cnc(C(=O)Nc3c(F)cccc3F)cn2)CC1. The summed E-state index contributed by atoms with van der Waals surface area (Å²) in [6.07, 6.45) is 2.30. The number of halogens is 2. The monoisotopic (exact) mass is 391 g/mol. The van der Waals surface area contributed by atoms with Gasteiger partial charge in [-0.3, -0.25) is 4.79 Å². The minimum atomic E-state index is -0.877. The fraction of sp³-hybridized carbons (Fsp3) is 0.333. The maximum atomic E-state index is 13.6. The first-order valence-corrected chi connectivity index (χ1v) is 8.73. The smallest absolute Gasteiger partial charge is 0.409 e. The number of carbonyl (C=O) groups is 2. The molecule has 0 spiro atoms. The van der Waals surface area contributed by atoms with E-state index in [-0.39, 0.29) is 11.8 Å². The molecule has 0 saturated carbocycles. The molecular formula is C18H19F2N5O3. The molecular weight excluding hydrogens is 372 g/mol. The minimum Gasteiger partial charge on any atom is -0.450 e. The summed E-state index contributed by atoms with van der Waals surface area (Å²) in [5, 5.41) is 2.16. The van der Waals surface area contributed by atoms with E-state index in [0.29, 0.717) is 38.6 Å². The molecule has 8 nitrogen and oxygen atoms in total. The summed E-state index contributed by atoms with van der Waals surface area (Å²) in [5.41, 5.74) is -0.606. The lowest BCUT2D eigenvalue weighted by molar-refractivity contribution is 0.101. The number of hydrogen-bond donors (Lipinski definition) is 1. The molecule has 0 aliphatic carbocycles. The van der Waals surface area contributed by atoms with Gasteiger partial charge in [-0.2, -0.15) is 0 Å². The Labute approximate surface area is 160 Å². The Morgan fingerprint density at radius 3 is 2.36 bits per heavy atom. The molecule has 3 rings (SSSR count). The lowest BCUT2D eigenvalue weighted by Crippen LogP contribution is -2.49. The highest BCUT2D eigenvalue weighted by molar-refractivity contribution is 6.02. The highest BCUT2D eigenvalue weighted by atomic mass is 19.1. The molecule has 0 bridgehead atoms. The van der Waals surface area contributed by atoms with Crippen LogP contribution in [0.1, 0.15) is 17.4 Å². The van der Waals surface area contributed by atoms with Gasteiger partial charge in [-0.1, -0.05) is 6.07 Å². The van der Waals surface area contributed by atoms with Crippen LogP contribution in [-0.2, 0) is 4.74 Å². The lowest BCUT2D eigenvalue weighted by atomic mass is 10.2. The van der Waals surface area contributed by atoms with Crippen molar-refractivity contribution >= 4 is 23.5 Å². The summed E-state index contributed by atoms with van der Waals surface area (Å²) in [4.78, 5) is 35.6. The maximum absolute atomic E-state index is 13.6. The van der Waals surface area contributed by atoms with Gasteiger partial charge in [0.25, 0.3) is 5.91 Å². The number of hydrogen-bond acceptors (Lipinski definition) is 6. The molecule has 0 atom stereocenters. The van der Waals surface area contributed by atoms with Gasteiger partial charge in [-0.15, -0.1) is 0 Å². The van der Waals surface area contributed by atoms with Gasteiger partial charge in [0.1, 0.15) is 28.8 Å². The van der Waals surface area contributed by atoms with Crippen LogP contribution < -0.4 is 10.2 Å². The molecule has 10 heteroatoms. The first-order valence-electron chi connectivity index (χ1n) is 8.73. The maximum Gasteiger partial charge on any atom is 0.409 e. The number of nitrogens with one attached hydrogen (secondary N) is 1. The van der Waals surface area contributed by atoms with E-state index in [2.05, 4.69) is 15.3 Å². The zero-order valence-corrected chi connectivity index (χ0v) is 15.2. The second kappa shape index (κ2) is 8.59. The Morgan fingerprint density at radius 1 is 1.11 bits per heavy atom. The van der Waals surface area contributed by atoms with E-state index in [4.69, 9.17) is 4.74 Å². The summed E-state index contributed by atoms with van der Waals surface area (Å²) < 4.78 is 32.2. The van der Waals surface area contributed by atoms with Crippen molar-refractivity contribution in [2.45, 2.75) is 6.92 Å². The molecule has 1 saturated heterocycles. The van der Waals surface area contributed by atoms with E-state index in [1.54, 1.807) is 11.8 Å². The third-order valence-electron chi connectivity index (χ3n) is 4.20. The van der Waals surface area contributed by atoms with Crippen LogP contribution in [0.15, 0.2) is 30.6 Å².